The van der Waals surface area contributed by atoms with Crippen LogP contribution in [0.15, 0.2) is 10.9 Å². The number of halogens is 1. The van der Waals surface area contributed by atoms with Gasteiger partial charge in [0.2, 0.25) is 0 Å². The van der Waals surface area contributed by atoms with Gasteiger partial charge in [-0.3, -0.25) is 9.69 Å². The molecule has 0 saturated heterocycles. The first kappa shape index (κ1) is 14.5. The third kappa shape index (κ3) is 3.00. The van der Waals surface area contributed by atoms with Gasteiger partial charge in [-0.05, 0) is 35.7 Å². The number of carbonyl (C=O) groups excluding carboxylic acids is 1. The Morgan fingerprint density at radius 3 is 2.79 bits per heavy atom. The summed E-state index contributed by atoms with van der Waals surface area (Å²) < 4.78 is 7.68. The molecule has 0 radical (unpaired) electrons. The molecule has 0 N–H and O–H groups in total. The van der Waals surface area contributed by atoms with Crippen LogP contribution in [0.1, 0.15) is 31.9 Å². The smallest absolute Gasteiger partial charge is 0.322 e. The number of aromatic nitrogens is 2. The lowest BCUT2D eigenvalue weighted by Crippen LogP contribution is -2.48. The largest absolute Gasteiger partial charge is 0.468 e. The van der Waals surface area contributed by atoms with Crippen molar-refractivity contribution in [2.45, 2.75) is 44.8 Å². The molecular formula is C13H20BrN3O2. The molecule has 1 aromatic heterocycles. The molecule has 2 rings (SSSR count). The van der Waals surface area contributed by atoms with Gasteiger partial charge in [-0.15, -0.1) is 0 Å². The number of ether oxygens (including phenoxy) is 1. The molecule has 1 unspecified atom stereocenters. The second-order valence-electron chi connectivity index (χ2n) is 5.03. The van der Waals surface area contributed by atoms with Gasteiger partial charge in [0.25, 0.3) is 0 Å². The Labute approximate surface area is 122 Å². The van der Waals surface area contributed by atoms with Crippen molar-refractivity contribution >= 4 is 21.9 Å². The zero-order valence-corrected chi connectivity index (χ0v) is 13.2. The van der Waals surface area contributed by atoms with Crippen LogP contribution in [0.25, 0.3) is 0 Å². The molecule has 1 fully saturated rings. The van der Waals surface area contributed by atoms with Gasteiger partial charge in [-0.1, -0.05) is 6.42 Å². The molecule has 1 atom stereocenters. The highest BCUT2D eigenvalue weighted by Gasteiger charge is 2.32. The van der Waals surface area contributed by atoms with Gasteiger partial charge in [0.15, 0.2) is 4.73 Å². The number of imidazole rings is 1. The standard InChI is InChI=1S/C13H20BrN3O2/c1-9(12(18)19-3)17(10-5-4-6-10)8-11-7-15-13(14)16(11)2/h7,9-10H,4-6,8H2,1-3H3. The molecule has 0 amide bonds. The van der Waals surface area contributed by atoms with Crippen molar-refractivity contribution in [1.82, 2.24) is 14.5 Å². The lowest BCUT2D eigenvalue weighted by molar-refractivity contribution is -0.148. The average Bonchev–Trinajstić information content (AvgIpc) is 2.65. The number of methoxy groups -OCH3 is 1. The second-order valence-corrected chi connectivity index (χ2v) is 5.74. The summed E-state index contributed by atoms with van der Waals surface area (Å²) in [5.41, 5.74) is 1.09. The molecule has 1 saturated carbocycles. The molecule has 6 heteroatoms. The molecular weight excluding hydrogens is 310 g/mol. The van der Waals surface area contributed by atoms with E-state index in [0.717, 1.165) is 29.8 Å². The van der Waals surface area contributed by atoms with E-state index in [9.17, 15) is 4.79 Å². The maximum Gasteiger partial charge on any atom is 0.322 e. The number of rotatable bonds is 5. The fourth-order valence-corrected chi connectivity index (χ4v) is 2.69. The van der Waals surface area contributed by atoms with Crippen molar-refractivity contribution in [3.8, 4) is 0 Å². The van der Waals surface area contributed by atoms with Crippen LogP contribution in [0.5, 0.6) is 0 Å². The SMILES string of the molecule is COC(=O)C(C)N(Cc1cnc(Br)n1C)C1CCC1. The van der Waals surface area contributed by atoms with Crippen molar-refractivity contribution in [2.24, 2.45) is 7.05 Å². The van der Waals surface area contributed by atoms with Crippen LogP contribution < -0.4 is 0 Å². The molecule has 1 aromatic rings. The molecule has 5 nitrogen and oxygen atoms in total. The number of carbonyl (C=O) groups is 1. The highest BCUT2D eigenvalue weighted by atomic mass is 79.9. The molecule has 1 aliphatic carbocycles. The minimum atomic E-state index is -0.219. The van der Waals surface area contributed by atoms with Gasteiger partial charge >= 0.3 is 5.97 Å². The fourth-order valence-electron chi connectivity index (χ4n) is 2.36. The number of hydrogen-bond donors (Lipinski definition) is 0. The lowest BCUT2D eigenvalue weighted by Gasteiger charge is -2.40. The number of esters is 1. The van der Waals surface area contributed by atoms with Crippen LogP contribution in [0.2, 0.25) is 0 Å². The second kappa shape index (κ2) is 6.05. The van der Waals surface area contributed by atoms with E-state index in [0.29, 0.717) is 6.04 Å². The van der Waals surface area contributed by atoms with Gasteiger partial charge < -0.3 is 9.30 Å². The van der Waals surface area contributed by atoms with Crippen molar-refractivity contribution < 1.29 is 9.53 Å². The average molecular weight is 330 g/mol. The van der Waals surface area contributed by atoms with Gasteiger partial charge in [0.1, 0.15) is 6.04 Å². The zero-order valence-electron chi connectivity index (χ0n) is 11.6. The first-order chi connectivity index (χ1) is 9.04. The van der Waals surface area contributed by atoms with E-state index in [1.54, 1.807) is 0 Å². The highest BCUT2D eigenvalue weighted by Crippen LogP contribution is 2.28. The normalized spacial score (nSPS) is 17.3. The van der Waals surface area contributed by atoms with Crippen molar-refractivity contribution in [3.63, 3.8) is 0 Å². The van der Waals surface area contributed by atoms with Crippen LogP contribution in [0.4, 0.5) is 0 Å². The highest BCUT2D eigenvalue weighted by molar-refractivity contribution is 9.10. The molecule has 1 aliphatic rings. The Hall–Kier alpha value is -0.880. The van der Waals surface area contributed by atoms with E-state index in [2.05, 4.69) is 25.8 Å². The van der Waals surface area contributed by atoms with Crippen LogP contribution >= 0.6 is 15.9 Å². The summed E-state index contributed by atoms with van der Waals surface area (Å²) >= 11 is 3.40. The van der Waals surface area contributed by atoms with Gasteiger partial charge in [-0.2, -0.15) is 0 Å². The molecule has 0 aromatic carbocycles. The van der Waals surface area contributed by atoms with E-state index >= 15 is 0 Å². The van der Waals surface area contributed by atoms with Crippen LogP contribution in [0, 0.1) is 0 Å². The Balaban J connectivity index is 2.14. The van der Waals surface area contributed by atoms with Crippen molar-refractivity contribution in [1.29, 1.82) is 0 Å². The van der Waals surface area contributed by atoms with E-state index in [4.69, 9.17) is 4.74 Å². The number of hydrogen-bond acceptors (Lipinski definition) is 4. The molecule has 0 spiro atoms. The molecule has 106 valence electrons. The molecule has 19 heavy (non-hydrogen) atoms. The van der Waals surface area contributed by atoms with Crippen LogP contribution in [-0.2, 0) is 23.1 Å². The predicted molar refractivity (Wildman–Crippen MR) is 75.6 cm³/mol. The summed E-state index contributed by atoms with van der Waals surface area (Å²) in [4.78, 5) is 18.2. The quantitative estimate of drug-likeness (QED) is 0.776. The first-order valence-corrected chi connectivity index (χ1v) is 7.33. The van der Waals surface area contributed by atoms with E-state index in [1.165, 1.54) is 13.5 Å². The molecule has 0 bridgehead atoms. The summed E-state index contributed by atoms with van der Waals surface area (Å²) in [6.45, 7) is 2.63. The fraction of sp³-hybridized carbons (Fsp3) is 0.692. The molecule has 1 heterocycles. The maximum absolute atomic E-state index is 11.8. The monoisotopic (exact) mass is 329 g/mol. The van der Waals surface area contributed by atoms with E-state index in [-0.39, 0.29) is 12.0 Å². The zero-order chi connectivity index (χ0) is 14.0. The van der Waals surface area contributed by atoms with Crippen molar-refractivity contribution in [2.75, 3.05) is 7.11 Å². The van der Waals surface area contributed by atoms with Gasteiger partial charge in [0.05, 0.1) is 19.0 Å². The van der Waals surface area contributed by atoms with Gasteiger partial charge in [0, 0.05) is 19.6 Å². The summed E-state index contributed by atoms with van der Waals surface area (Å²) in [7, 11) is 3.41. The summed E-state index contributed by atoms with van der Waals surface area (Å²) in [6.07, 6.45) is 5.39. The maximum atomic E-state index is 11.8. The Kier molecular flexibility index (Phi) is 4.62. The first-order valence-electron chi connectivity index (χ1n) is 6.54. The summed E-state index contributed by atoms with van der Waals surface area (Å²) in [6, 6.07) is 0.256. The Bertz CT molecular complexity index is 457. The Morgan fingerprint density at radius 2 is 2.37 bits per heavy atom. The van der Waals surface area contributed by atoms with Crippen molar-refractivity contribution in [3.05, 3.63) is 16.6 Å². The lowest BCUT2D eigenvalue weighted by atomic mass is 9.90. The van der Waals surface area contributed by atoms with Crippen LogP contribution in [-0.4, -0.2) is 39.6 Å². The number of nitrogens with zero attached hydrogens (tertiary/aromatic N) is 3. The summed E-state index contributed by atoms with van der Waals surface area (Å²) in [5.74, 6) is -0.173. The predicted octanol–water partition coefficient (Wildman–Crippen LogP) is 2.10. The summed E-state index contributed by atoms with van der Waals surface area (Å²) in [5, 5.41) is 0. The minimum Gasteiger partial charge on any atom is -0.468 e. The van der Waals surface area contributed by atoms with Gasteiger partial charge in [-0.25, -0.2) is 4.98 Å². The van der Waals surface area contributed by atoms with E-state index in [1.807, 2.05) is 24.7 Å². The third-order valence-electron chi connectivity index (χ3n) is 3.96. The minimum absolute atomic E-state index is 0.173. The van der Waals surface area contributed by atoms with E-state index < -0.39 is 0 Å². The Morgan fingerprint density at radius 1 is 1.68 bits per heavy atom. The molecule has 0 aliphatic heterocycles. The third-order valence-corrected chi connectivity index (χ3v) is 4.69. The topological polar surface area (TPSA) is 47.4 Å². The van der Waals surface area contributed by atoms with Crippen LogP contribution in [0.3, 0.4) is 0 Å².